The third-order valence-corrected chi connectivity index (χ3v) is 7.32. The van der Waals surface area contributed by atoms with Crippen molar-refractivity contribution in [2.45, 2.75) is 95.4 Å². The number of benzene rings is 1. The summed E-state index contributed by atoms with van der Waals surface area (Å²) in [6.45, 7) is 2.31. The standard InChI is InChI=1S/C26H39N3O4S2/c1-2-3-4-5-6-7-8-9-10-11-12-15-25(30)29-26(34)28-22-16-18-24(19-17-22)35(31,32)27-21-23-14-13-20-33-23/h13-14,16-20,27H,2-12,15,21H2,1H3,(H2,28,29,30,34). The van der Waals surface area contributed by atoms with Crippen molar-refractivity contribution in [3.8, 4) is 0 Å². The van der Waals surface area contributed by atoms with Crippen molar-refractivity contribution in [3.63, 3.8) is 0 Å². The Morgan fingerprint density at radius 2 is 1.49 bits per heavy atom. The minimum Gasteiger partial charge on any atom is -0.468 e. The Morgan fingerprint density at radius 1 is 0.886 bits per heavy atom. The summed E-state index contributed by atoms with van der Waals surface area (Å²) < 4.78 is 32.4. The van der Waals surface area contributed by atoms with Crippen molar-refractivity contribution in [2.24, 2.45) is 0 Å². The number of anilines is 1. The number of carbonyl (C=O) groups is 1. The lowest BCUT2D eigenvalue weighted by molar-refractivity contribution is -0.119. The van der Waals surface area contributed by atoms with E-state index in [1.807, 2.05) is 0 Å². The van der Waals surface area contributed by atoms with Crippen LogP contribution in [0.3, 0.4) is 0 Å². The molecule has 1 aromatic carbocycles. The number of sulfonamides is 1. The maximum Gasteiger partial charge on any atom is 0.240 e. The number of thiocarbonyl (C=S) groups is 1. The van der Waals surface area contributed by atoms with Crippen LogP contribution in [0.2, 0.25) is 0 Å². The number of furan rings is 1. The Kier molecular flexibility index (Phi) is 13.6. The van der Waals surface area contributed by atoms with E-state index in [9.17, 15) is 13.2 Å². The van der Waals surface area contributed by atoms with Crippen molar-refractivity contribution in [1.82, 2.24) is 10.0 Å². The van der Waals surface area contributed by atoms with Crippen LogP contribution in [0.25, 0.3) is 0 Å². The molecule has 3 N–H and O–H groups in total. The van der Waals surface area contributed by atoms with Gasteiger partial charge in [-0.3, -0.25) is 4.79 Å². The largest absolute Gasteiger partial charge is 0.468 e. The number of carbonyl (C=O) groups excluding carboxylic acids is 1. The molecule has 0 aliphatic rings. The van der Waals surface area contributed by atoms with E-state index in [0.717, 1.165) is 19.3 Å². The maximum atomic E-state index is 12.4. The van der Waals surface area contributed by atoms with Crippen LogP contribution in [0.1, 0.15) is 89.7 Å². The molecule has 194 valence electrons. The van der Waals surface area contributed by atoms with Gasteiger partial charge < -0.3 is 15.1 Å². The van der Waals surface area contributed by atoms with Gasteiger partial charge in [0.15, 0.2) is 5.11 Å². The molecule has 0 spiro atoms. The molecule has 0 bridgehead atoms. The van der Waals surface area contributed by atoms with Crippen molar-refractivity contribution < 1.29 is 17.6 Å². The molecule has 0 fully saturated rings. The minimum absolute atomic E-state index is 0.0740. The van der Waals surface area contributed by atoms with Gasteiger partial charge in [0.25, 0.3) is 0 Å². The van der Waals surface area contributed by atoms with E-state index in [1.54, 1.807) is 24.3 Å². The fourth-order valence-electron chi connectivity index (χ4n) is 3.68. The molecule has 0 aliphatic carbocycles. The fraction of sp³-hybridized carbons (Fsp3) is 0.538. The predicted octanol–water partition coefficient (Wildman–Crippen LogP) is 6.27. The Balaban J connectivity index is 1.58. The SMILES string of the molecule is CCCCCCCCCCCCCC(=O)NC(=S)Nc1ccc(S(=O)(=O)NCc2ccco2)cc1. The molecule has 1 heterocycles. The van der Waals surface area contributed by atoms with Gasteiger partial charge in [0.1, 0.15) is 5.76 Å². The van der Waals surface area contributed by atoms with E-state index in [4.69, 9.17) is 16.6 Å². The van der Waals surface area contributed by atoms with E-state index < -0.39 is 10.0 Å². The number of amides is 1. The summed E-state index contributed by atoms with van der Waals surface area (Å²) in [5.74, 6) is 0.417. The topological polar surface area (TPSA) is 100 Å². The van der Waals surface area contributed by atoms with Crippen LogP contribution in [0.5, 0.6) is 0 Å². The van der Waals surface area contributed by atoms with Gasteiger partial charge in [-0.05, 0) is 55.0 Å². The third-order valence-electron chi connectivity index (χ3n) is 5.70. The molecule has 0 aliphatic heterocycles. The Morgan fingerprint density at radius 3 is 2.06 bits per heavy atom. The molecular weight excluding hydrogens is 482 g/mol. The van der Waals surface area contributed by atoms with Gasteiger partial charge in [0.05, 0.1) is 17.7 Å². The highest BCUT2D eigenvalue weighted by Crippen LogP contribution is 2.15. The summed E-state index contributed by atoms with van der Waals surface area (Å²) >= 11 is 5.21. The second-order valence-electron chi connectivity index (χ2n) is 8.72. The summed E-state index contributed by atoms with van der Waals surface area (Å²) in [4.78, 5) is 12.3. The van der Waals surface area contributed by atoms with Crippen LogP contribution < -0.4 is 15.4 Å². The zero-order valence-electron chi connectivity index (χ0n) is 20.7. The number of nitrogens with one attached hydrogen (secondary N) is 3. The lowest BCUT2D eigenvalue weighted by Gasteiger charge is -2.11. The van der Waals surface area contributed by atoms with Crippen LogP contribution in [-0.4, -0.2) is 19.4 Å². The molecular formula is C26H39N3O4S2. The molecule has 0 atom stereocenters. The zero-order valence-corrected chi connectivity index (χ0v) is 22.3. The second kappa shape index (κ2) is 16.4. The first-order valence-electron chi connectivity index (χ1n) is 12.6. The summed E-state index contributed by atoms with van der Waals surface area (Å²) in [6, 6.07) is 9.55. The van der Waals surface area contributed by atoms with Gasteiger partial charge in [-0.2, -0.15) is 0 Å². The van der Waals surface area contributed by atoms with Crippen molar-refractivity contribution >= 4 is 38.9 Å². The van der Waals surface area contributed by atoms with Crippen LogP contribution in [0, 0.1) is 0 Å². The van der Waals surface area contributed by atoms with Crippen LogP contribution in [0.15, 0.2) is 52.0 Å². The first-order chi connectivity index (χ1) is 16.9. The molecule has 9 heteroatoms. The molecule has 0 saturated carbocycles. The molecule has 0 saturated heterocycles. The predicted molar refractivity (Wildman–Crippen MR) is 145 cm³/mol. The molecule has 1 amide bonds. The highest BCUT2D eigenvalue weighted by atomic mass is 32.2. The molecule has 2 rings (SSSR count). The fourth-order valence-corrected chi connectivity index (χ4v) is 4.91. The van der Waals surface area contributed by atoms with E-state index in [0.29, 0.717) is 17.9 Å². The first-order valence-corrected chi connectivity index (χ1v) is 14.5. The first kappa shape index (κ1) is 29.0. The molecule has 1 aromatic heterocycles. The number of hydrogen-bond donors (Lipinski definition) is 3. The summed E-state index contributed by atoms with van der Waals surface area (Å²) in [5, 5.41) is 5.80. The van der Waals surface area contributed by atoms with Crippen molar-refractivity contribution in [2.75, 3.05) is 5.32 Å². The average molecular weight is 522 g/mol. The lowest BCUT2D eigenvalue weighted by atomic mass is 10.1. The molecule has 7 nitrogen and oxygen atoms in total. The Labute approximate surface area is 215 Å². The van der Waals surface area contributed by atoms with E-state index >= 15 is 0 Å². The third kappa shape index (κ3) is 12.3. The van der Waals surface area contributed by atoms with Crippen LogP contribution >= 0.6 is 12.2 Å². The van der Waals surface area contributed by atoms with E-state index in [-0.39, 0.29) is 22.5 Å². The van der Waals surface area contributed by atoms with Crippen molar-refractivity contribution in [3.05, 3.63) is 48.4 Å². The van der Waals surface area contributed by atoms with Crippen LogP contribution in [0.4, 0.5) is 5.69 Å². The molecule has 2 aromatic rings. The molecule has 0 unspecified atom stereocenters. The molecule has 35 heavy (non-hydrogen) atoms. The van der Waals surface area contributed by atoms with Gasteiger partial charge >= 0.3 is 0 Å². The Hall–Kier alpha value is -2.23. The molecule has 0 radical (unpaired) electrons. The highest BCUT2D eigenvalue weighted by Gasteiger charge is 2.14. The minimum atomic E-state index is -3.67. The van der Waals surface area contributed by atoms with Crippen molar-refractivity contribution in [1.29, 1.82) is 0 Å². The summed E-state index contributed by atoms with van der Waals surface area (Å²) in [6.07, 6.45) is 15.5. The number of unbranched alkanes of at least 4 members (excludes halogenated alkanes) is 10. The summed E-state index contributed by atoms with van der Waals surface area (Å²) in [5.41, 5.74) is 0.593. The van der Waals surface area contributed by atoms with Gasteiger partial charge in [-0.15, -0.1) is 0 Å². The maximum absolute atomic E-state index is 12.4. The van der Waals surface area contributed by atoms with E-state index in [1.165, 1.54) is 69.8 Å². The zero-order chi connectivity index (χ0) is 25.4. The lowest BCUT2D eigenvalue weighted by Crippen LogP contribution is -2.33. The van der Waals surface area contributed by atoms with Crippen LogP contribution in [-0.2, 0) is 21.4 Å². The average Bonchev–Trinajstić information content (AvgIpc) is 3.35. The van der Waals surface area contributed by atoms with E-state index in [2.05, 4.69) is 22.3 Å². The second-order valence-corrected chi connectivity index (χ2v) is 10.9. The van der Waals surface area contributed by atoms with Gasteiger partial charge in [0.2, 0.25) is 15.9 Å². The number of hydrogen-bond acceptors (Lipinski definition) is 5. The summed E-state index contributed by atoms with van der Waals surface area (Å²) in [7, 11) is -3.67. The van der Waals surface area contributed by atoms with Gasteiger partial charge in [-0.1, -0.05) is 71.1 Å². The van der Waals surface area contributed by atoms with Gasteiger partial charge in [-0.25, -0.2) is 13.1 Å². The highest BCUT2D eigenvalue weighted by molar-refractivity contribution is 7.89. The number of rotatable bonds is 17. The quantitative estimate of drug-likeness (QED) is 0.167. The van der Waals surface area contributed by atoms with Gasteiger partial charge in [0, 0.05) is 12.1 Å². The monoisotopic (exact) mass is 521 g/mol. The smallest absolute Gasteiger partial charge is 0.240 e. The Bertz CT molecular complexity index is 975. The normalized spacial score (nSPS) is 11.3.